The van der Waals surface area contributed by atoms with Gasteiger partial charge in [-0.25, -0.2) is 0 Å². The van der Waals surface area contributed by atoms with E-state index in [1.54, 1.807) is 0 Å². The molecule has 6 heteroatoms. The van der Waals surface area contributed by atoms with E-state index in [2.05, 4.69) is 92.6 Å². The fourth-order valence-electron chi connectivity index (χ4n) is 4.66. The number of nitrogens with zero attached hydrogens (tertiary/aromatic N) is 1. The second-order valence-electron chi connectivity index (χ2n) is 11.9. The first-order chi connectivity index (χ1) is 17.8. The predicted molar refractivity (Wildman–Crippen MR) is 162 cm³/mol. The van der Waals surface area contributed by atoms with Crippen molar-refractivity contribution in [1.29, 1.82) is 0 Å². The molecule has 0 aliphatic rings. The molecule has 0 saturated heterocycles. The van der Waals surface area contributed by atoms with Gasteiger partial charge in [0.2, 0.25) is 0 Å². The molecule has 0 spiro atoms. The molecule has 2 aromatic heterocycles. The molecule has 2 heterocycles. The summed E-state index contributed by atoms with van der Waals surface area (Å²) >= 11 is -1.94. The third kappa shape index (κ3) is 6.89. The molecule has 1 N–H and O–H groups in total. The van der Waals surface area contributed by atoms with Crippen LogP contribution < -0.4 is 4.40 Å². The molecule has 205 valence electrons. The van der Waals surface area contributed by atoms with Gasteiger partial charge in [-0.3, -0.25) is 4.79 Å². The predicted octanol–water partition coefficient (Wildman–Crippen LogP) is 8.48. The largest absolute Gasteiger partial charge is 0 e. The van der Waals surface area contributed by atoms with E-state index in [4.69, 9.17) is 14.5 Å². The molecule has 4 nitrogen and oxygen atoms in total. The van der Waals surface area contributed by atoms with Crippen LogP contribution in [0.2, 0.25) is 17.3 Å². The Morgan fingerprint density at radius 3 is 2.26 bits per heavy atom. The number of hydrogen-bond acceptors (Lipinski definition) is 4. The Labute approximate surface area is 247 Å². The molecular weight excluding hydrogens is 723 g/mol. The van der Waals surface area contributed by atoms with Crippen LogP contribution in [0.3, 0.4) is 0 Å². The fourth-order valence-corrected chi connectivity index (χ4v) is 7.07. The van der Waals surface area contributed by atoms with E-state index in [0.717, 1.165) is 38.6 Å². The van der Waals surface area contributed by atoms with Crippen molar-refractivity contribution >= 4 is 56.2 Å². The molecule has 0 unspecified atom stereocenters. The van der Waals surface area contributed by atoms with Gasteiger partial charge < -0.3 is 5.11 Å². The molecule has 0 atom stereocenters. The quantitative estimate of drug-likeness (QED) is 0.0869. The van der Waals surface area contributed by atoms with Crippen LogP contribution in [0.25, 0.3) is 44.0 Å². The Morgan fingerprint density at radius 2 is 1.67 bits per heavy atom. The third-order valence-electron chi connectivity index (χ3n) is 6.50. The summed E-state index contributed by atoms with van der Waals surface area (Å²) in [6.07, 6.45) is 3.02. The van der Waals surface area contributed by atoms with Gasteiger partial charge in [0.05, 0.1) is 5.76 Å². The van der Waals surface area contributed by atoms with E-state index >= 15 is 0 Å². The first-order valence-electron chi connectivity index (χ1n) is 12.9. The Bertz CT molecular complexity index is 1680. The Morgan fingerprint density at radius 1 is 0.974 bits per heavy atom. The molecule has 0 aliphatic carbocycles. The minimum absolute atomic E-state index is 0. The molecule has 39 heavy (non-hydrogen) atoms. The number of fused-ring (bicyclic) bond motifs is 4. The smallest absolute Gasteiger partial charge is 0 e. The normalized spacial score (nSPS) is 12.3. The van der Waals surface area contributed by atoms with Crippen LogP contribution in [0.4, 0.5) is 0 Å². The number of pyridine rings is 1. The van der Waals surface area contributed by atoms with Crippen LogP contribution in [0.15, 0.2) is 77.0 Å². The number of carbonyl (C=O) groups is 1. The third-order valence-corrected chi connectivity index (χ3v) is 10.8. The maximum Gasteiger partial charge on any atom is 0 e. The van der Waals surface area contributed by atoms with Gasteiger partial charge in [0.15, 0.2) is 5.78 Å². The molecule has 3 aromatic carbocycles. The minimum Gasteiger partial charge on any atom is 0 e. The Balaban J connectivity index is 0.000000468. The van der Waals surface area contributed by atoms with Crippen LogP contribution in [-0.4, -0.2) is 29.1 Å². The van der Waals surface area contributed by atoms with Crippen molar-refractivity contribution in [2.45, 2.75) is 57.3 Å². The zero-order valence-electron chi connectivity index (χ0n) is 23.9. The molecule has 0 saturated carbocycles. The van der Waals surface area contributed by atoms with E-state index in [9.17, 15) is 4.79 Å². The summed E-state index contributed by atoms with van der Waals surface area (Å²) in [7, 11) is 0. The summed E-state index contributed by atoms with van der Waals surface area (Å²) < 4.78 is 7.76. The topological polar surface area (TPSA) is 63.3 Å². The number of furan rings is 1. The van der Waals surface area contributed by atoms with E-state index in [1.807, 2.05) is 12.3 Å². The van der Waals surface area contributed by atoms with Crippen LogP contribution in [-0.2, 0) is 30.3 Å². The second-order valence-corrected chi connectivity index (χ2v) is 22.5. The summed E-state index contributed by atoms with van der Waals surface area (Å²) in [5.41, 5.74) is 5.14. The average molecular weight is 759 g/mol. The molecule has 5 rings (SSSR count). The number of ketones is 1. The van der Waals surface area contributed by atoms with Crippen molar-refractivity contribution in [2.75, 3.05) is 0 Å². The zero-order chi connectivity index (χ0) is 27.8. The van der Waals surface area contributed by atoms with Gasteiger partial charge in [0.1, 0.15) is 0 Å². The first kappa shape index (κ1) is 30.8. The van der Waals surface area contributed by atoms with Crippen molar-refractivity contribution in [3.8, 4) is 11.3 Å². The monoisotopic (exact) mass is 761 g/mol. The van der Waals surface area contributed by atoms with Gasteiger partial charge in [0.25, 0.3) is 0 Å². The number of hydrogen-bond donors (Lipinski definition) is 1. The van der Waals surface area contributed by atoms with Crippen LogP contribution in [0, 0.1) is 6.07 Å². The molecule has 0 bridgehead atoms. The Kier molecular flexibility index (Phi) is 9.32. The van der Waals surface area contributed by atoms with Gasteiger partial charge >= 0.3 is 187 Å². The summed E-state index contributed by atoms with van der Waals surface area (Å²) in [4.78, 5) is 14.8. The summed E-state index contributed by atoms with van der Waals surface area (Å²) in [5.74, 6) is 7.17. The Hall–Kier alpha value is -2.73. The zero-order valence-corrected chi connectivity index (χ0v) is 28.4. The number of aliphatic hydroxyl groups excluding tert-OH is 1. The number of aromatic nitrogens is 1. The van der Waals surface area contributed by atoms with Crippen LogP contribution in [0.5, 0.6) is 0 Å². The number of benzene rings is 3. The van der Waals surface area contributed by atoms with E-state index < -0.39 is 13.3 Å². The van der Waals surface area contributed by atoms with Crippen molar-refractivity contribution < 1.29 is 34.4 Å². The summed E-state index contributed by atoms with van der Waals surface area (Å²) in [6, 6.07) is 23.2. The second kappa shape index (κ2) is 11.8. The molecule has 0 fully saturated rings. The van der Waals surface area contributed by atoms with E-state index in [1.165, 1.54) is 35.3 Å². The van der Waals surface area contributed by atoms with Crippen molar-refractivity contribution in [3.63, 3.8) is 0 Å². The molecule has 1 radical (unpaired) electrons. The van der Waals surface area contributed by atoms with Crippen molar-refractivity contribution in [2.24, 2.45) is 0 Å². The van der Waals surface area contributed by atoms with Crippen molar-refractivity contribution in [3.05, 3.63) is 84.3 Å². The molecular formula is C33H36GeIrNO3-. The maximum absolute atomic E-state index is 10.0. The van der Waals surface area contributed by atoms with Gasteiger partial charge in [-0.15, -0.1) is 0 Å². The number of rotatable bonds is 3. The average Bonchev–Trinajstić information content (AvgIpc) is 3.20. The molecule has 0 amide bonds. The van der Waals surface area contributed by atoms with Crippen molar-refractivity contribution in [1.82, 2.24) is 4.98 Å². The van der Waals surface area contributed by atoms with Gasteiger partial charge in [0, 0.05) is 26.2 Å². The SMILES string of the molecule is CC(=O)/C=C(/C)O.CC(C)(C)c1cc(-c2nccc3oc4c[c]([Ge]([CH3])([CH3])[CH3])ccc4c23)[c-]c2ccccc12.[Ir]. The fraction of sp³-hybridized carbons (Fsp3) is 0.273. The van der Waals surface area contributed by atoms with Crippen LogP contribution in [0.1, 0.15) is 40.2 Å². The summed E-state index contributed by atoms with van der Waals surface area (Å²) in [6.45, 7) is 9.64. The van der Waals surface area contributed by atoms with Gasteiger partial charge in [-0.2, -0.15) is 0 Å². The van der Waals surface area contributed by atoms with Gasteiger partial charge in [-0.1, -0.05) is 0 Å². The molecule has 0 aliphatic heterocycles. The van der Waals surface area contributed by atoms with E-state index in [0.29, 0.717) is 0 Å². The van der Waals surface area contributed by atoms with E-state index in [-0.39, 0.29) is 37.1 Å². The number of carbonyl (C=O) groups excluding carboxylic acids is 1. The number of aliphatic hydroxyl groups is 1. The first-order valence-corrected chi connectivity index (χ1v) is 20.3. The summed E-state index contributed by atoms with van der Waals surface area (Å²) in [5, 5.41) is 13.0. The molecule has 5 aromatic rings. The van der Waals surface area contributed by atoms with Gasteiger partial charge in [-0.05, 0) is 13.8 Å². The maximum atomic E-state index is 10.0. The van der Waals surface area contributed by atoms with Crippen LogP contribution >= 0.6 is 0 Å². The minimum atomic E-state index is -1.94. The standard InChI is InChI=1S/C28H28GeNO.C5H8O2.Ir/c1-28(2,3)23-16-19(15-18-9-7-8-10-21(18)23)27-26-22-12-11-20(29(4,5)6)17-25(22)31-24(26)13-14-30-27;1-4(6)3-5(2)7;/h7-14,16-17H,1-6H3;3,6H,1-2H3;/q-1;;/b;4-3-;. The number of allylic oxidation sites excluding steroid dienone is 2.